The highest BCUT2D eigenvalue weighted by Crippen LogP contribution is 2.25. The lowest BCUT2D eigenvalue weighted by Crippen LogP contribution is -2.26. The van der Waals surface area contributed by atoms with E-state index in [4.69, 9.17) is 11.6 Å². The predicted octanol–water partition coefficient (Wildman–Crippen LogP) is 2.90. The van der Waals surface area contributed by atoms with Crippen molar-refractivity contribution in [3.05, 3.63) is 78.8 Å². The summed E-state index contributed by atoms with van der Waals surface area (Å²) in [7, 11) is 0. The first-order valence-electron chi connectivity index (χ1n) is 8.90. The Morgan fingerprint density at radius 1 is 1.03 bits per heavy atom. The molecule has 11 nitrogen and oxygen atoms in total. The number of hydrazone groups is 1. The van der Waals surface area contributed by atoms with Crippen LogP contribution in [0, 0.1) is 20.2 Å². The maximum atomic E-state index is 12.0. The number of nitrogens with one attached hydrogen (secondary N) is 2. The van der Waals surface area contributed by atoms with Gasteiger partial charge in [0, 0.05) is 28.9 Å². The molecule has 0 aliphatic rings. The molecule has 2 N–H and O–H groups in total. The molecule has 0 saturated heterocycles. The monoisotopic (exact) mass is 447 g/mol. The number of halogens is 1. The first kappa shape index (κ1) is 23.4. The molecule has 31 heavy (non-hydrogen) atoms. The number of hydrogen-bond acceptors (Lipinski definition) is 7. The van der Waals surface area contributed by atoms with E-state index in [0.29, 0.717) is 17.3 Å². The van der Waals surface area contributed by atoms with E-state index >= 15 is 0 Å². The van der Waals surface area contributed by atoms with E-state index in [1.807, 2.05) is 0 Å². The van der Waals surface area contributed by atoms with Crippen molar-refractivity contribution in [1.82, 2.24) is 10.7 Å². The van der Waals surface area contributed by atoms with Crippen LogP contribution in [0.2, 0.25) is 5.02 Å². The molecule has 12 heteroatoms. The lowest BCUT2D eigenvalue weighted by molar-refractivity contribution is -0.394. The molecule has 0 aromatic heterocycles. The average Bonchev–Trinajstić information content (AvgIpc) is 2.71. The molecule has 0 spiro atoms. The van der Waals surface area contributed by atoms with Crippen LogP contribution in [-0.4, -0.2) is 27.4 Å². The minimum absolute atomic E-state index is 0.00154. The Hall–Kier alpha value is -3.86. The Morgan fingerprint density at radius 2 is 1.71 bits per heavy atom. The van der Waals surface area contributed by atoms with E-state index in [9.17, 15) is 29.8 Å². The summed E-state index contributed by atoms with van der Waals surface area (Å²) in [6.45, 7) is 1.84. The molecule has 0 fully saturated rings. The minimum Gasteiger partial charge on any atom is -0.352 e. The first-order valence-corrected chi connectivity index (χ1v) is 9.28. The molecule has 0 unspecified atom stereocenters. The van der Waals surface area contributed by atoms with Crippen molar-refractivity contribution >= 4 is 40.5 Å². The second-order valence-electron chi connectivity index (χ2n) is 6.47. The van der Waals surface area contributed by atoms with Crippen LogP contribution in [0.1, 0.15) is 24.5 Å². The minimum atomic E-state index is -0.796. The normalized spacial score (nSPS) is 11.0. The number of benzene rings is 2. The van der Waals surface area contributed by atoms with Gasteiger partial charge in [-0.3, -0.25) is 29.8 Å². The second-order valence-corrected chi connectivity index (χ2v) is 6.90. The Morgan fingerprint density at radius 3 is 2.32 bits per heavy atom. The third-order valence-electron chi connectivity index (χ3n) is 4.02. The molecule has 0 atom stereocenters. The molecular formula is C19H18ClN5O6. The second kappa shape index (κ2) is 10.8. The molecule has 0 aliphatic carbocycles. The summed E-state index contributed by atoms with van der Waals surface area (Å²) in [4.78, 5) is 44.3. The molecule has 0 bridgehead atoms. The summed E-state index contributed by atoms with van der Waals surface area (Å²) < 4.78 is 0. The number of hydrogen-bond donors (Lipinski definition) is 2. The Labute approximate surface area is 181 Å². The van der Waals surface area contributed by atoms with Gasteiger partial charge >= 0.3 is 0 Å². The molecule has 2 aromatic rings. The van der Waals surface area contributed by atoms with Gasteiger partial charge in [-0.15, -0.1) is 0 Å². The van der Waals surface area contributed by atoms with Gasteiger partial charge in [0.15, 0.2) is 0 Å². The molecular weight excluding hydrogens is 430 g/mol. The van der Waals surface area contributed by atoms with Crippen LogP contribution < -0.4 is 10.7 Å². The van der Waals surface area contributed by atoms with Gasteiger partial charge < -0.3 is 5.32 Å². The van der Waals surface area contributed by atoms with Gasteiger partial charge in [0.1, 0.15) is 0 Å². The van der Waals surface area contributed by atoms with Crippen LogP contribution in [0.3, 0.4) is 0 Å². The van der Waals surface area contributed by atoms with Crippen molar-refractivity contribution in [2.45, 2.75) is 26.3 Å². The van der Waals surface area contributed by atoms with Crippen LogP contribution >= 0.6 is 11.6 Å². The van der Waals surface area contributed by atoms with E-state index in [1.165, 1.54) is 6.92 Å². The zero-order chi connectivity index (χ0) is 23.0. The topological polar surface area (TPSA) is 157 Å². The number of nitro groups is 2. The van der Waals surface area contributed by atoms with Crippen LogP contribution in [0.15, 0.2) is 47.6 Å². The smallest absolute Gasteiger partial charge is 0.279 e. The zero-order valence-corrected chi connectivity index (χ0v) is 17.1. The summed E-state index contributed by atoms with van der Waals surface area (Å²) in [5.74, 6) is -0.977. The SMILES string of the molecule is CC(CC(=O)NCc1ccc(Cl)cc1)=NNC(=O)Cc1ccc([N+](=O)[O-])cc1[N+](=O)[O-]. The number of non-ortho nitro benzene ring substituents is 1. The standard InChI is InChI=1S/C19H18ClN5O6/c1-12(8-18(26)21-11-13-2-5-15(20)6-3-13)22-23-19(27)9-14-4-7-16(24(28)29)10-17(14)25(30)31/h2-7,10H,8-9,11H2,1H3,(H,21,26)(H,23,27). The van der Waals surface area contributed by atoms with Gasteiger partial charge in [-0.25, -0.2) is 5.43 Å². The lowest BCUT2D eigenvalue weighted by Gasteiger charge is -2.06. The van der Waals surface area contributed by atoms with Crippen LogP contribution in [-0.2, 0) is 22.6 Å². The van der Waals surface area contributed by atoms with Crippen LogP contribution in [0.4, 0.5) is 11.4 Å². The largest absolute Gasteiger partial charge is 0.352 e. The maximum absolute atomic E-state index is 12.0. The van der Waals surface area contributed by atoms with Crippen molar-refractivity contribution in [3.63, 3.8) is 0 Å². The number of carbonyl (C=O) groups is 2. The van der Waals surface area contributed by atoms with Crippen molar-refractivity contribution in [2.24, 2.45) is 5.10 Å². The molecule has 0 heterocycles. The highest BCUT2D eigenvalue weighted by Gasteiger charge is 2.21. The van der Waals surface area contributed by atoms with E-state index < -0.39 is 33.5 Å². The van der Waals surface area contributed by atoms with Gasteiger partial charge in [0.25, 0.3) is 11.4 Å². The number of amides is 2. The third-order valence-corrected chi connectivity index (χ3v) is 4.27. The van der Waals surface area contributed by atoms with Crippen molar-refractivity contribution < 1.29 is 19.4 Å². The van der Waals surface area contributed by atoms with Gasteiger partial charge in [0.05, 0.1) is 28.8 Å². The average molecular weight is 448 g/mol. The molecule has 0 saturated carbocycles. The molecule has 162 valence electrons. The summed E-state index contributed by atoms with van der Waals surface area (Å²) in [6.07, 6.45) is -0.473. The number of carbonyl (C=O) groups excluding carboxylic acids is 2. The Bertz CT molecular complexity index is 1040. The highest BCUT2D eigenvalue weighted by atomic mass is 35.5. The summed E-state index contributed by atoms with van der Waals surface area (Å²) in [5, 5.41) is 29.0. The van der Waals surface area contributed by atoms with Crippen LogP contribution in [0.5, 0.6) is 0 Å². The van der Waals surface area contributed by atoms with E-state index in [2.05, 4.69) is 15.8 Å². The molecule has 2 rings (SSSR count). The molecule has 0 aliphatic heterocycles. The summed E-state index contributed by atoms with van der Waals surface area (Å²) in [6, 6.07) is 10.00. The Kier molecular flexibility index (Phi) is 8.15. The van der Waals surface area contributed by atoms with E-state index in [0.717, 1.165) is 23.8 Å². The third kappa shape index (κ3) is 7.48. The van der Waals surface area contributed by atoms with Gasteiger partial charge in [-0.2, -0.15) is 5.10 Å². The summed E-state index contributed by atoms with van der Waals surface area (Å²) >= 11 is 5.80. The highest BCUT2D eigenvalue weighted by molar-refractivity contribution is 6.30. The fourth-order valence-corrected chi connectivity index (χ4v) is 2.62. The van der Waals surface area contributed by atoms with Gasteiger partial charge in [-0.1, -0.05) is 23.7 Å². The van der Waals surface area contributed by atoms with Crippen LogP contribution in [0.25, 0.3) is 0 Å². The molecule has 2 amide bonds. The van der Waals surface area contributed by atoms with E-state index in [-0.39, 0.29) is 17.9 Å². The predicted molar refractivity (Wildman–Crippen MR) is 113 cm³/mol. The fraction of sp³-hybridized carbons (Fsp3) is 0.211. The number of rotatable bonds is 9. The van der Waals surface area contributed by atoms with Gasteiger partial charge in [0.2, 0.25) is 11.8 Å². The van der Waals surface area contributed by atoms with E-state index in [1.54, 1.807) is 24.3 Å². The number of nitro benzene ring substituents is 2. The molecule has 0 radical (unpaired) electrons. The molecule has 2 aromatic carbocycles. The fourth-order valence-electron chi connectivity index (χ4n) is 2.49. The summed E-state index contributed by atoms with van der Waals surface area (Å²) in [5.41, 5.74) is 2.42. The Balaban J connectivity index is 1.89. The van der Waals surface area contributed by atoms with Gasteiger partial charge in [-0.05, 0) is 30.7 Å². The maximum Gasteiger partial charge on any atom is 0.279 e. The zero-order valence-electron chi connectivity index (χ0n) is 16.3. The van der Waals surface area contributed by atoms with Crippen molar-refractivity contribution in [1.29, 1.82) is 0 Å². The van der Waals surface area contributed by atoms with Crippen molar-refractivity contribution in [2.75, 3.05) is 0 Å². The number of nitrogens with zero attached hydrogens (tertiary/aromatic N) is 3. The quantitative estimate of drug-likeness (QED) is 0.341. The van der Waals surface area contributed by atoms with Crippen molar-refractivity contribution in [3.8, 4) is 0 Å². The lowest BCUT2D eigenvalue weighted by atomic mass is 10.1. The first-order chi connectivity index (χ1) is 14.7.